The van der Waals surface area contributed by atoms with Gasteiger partial charge in [0.25, 0.3) is 5.91 Å². The van der Waals surface area contributed by atoms with E-state index in [9.17, 15) is 9.90 Å². The zero-order valence-electron chi connectivity index (χ0n) is 9.93. The minimum Gasteiger partial charge on any atom is -0.493 e. The number of aliphatic hydroxyl groups is 1. The minimum absolute atomic E-state index is 0.0643. The molecule has 1 aromatic carbocycles. The number of amides is 1. The van der Waals surface area contributed by atoms with Crippen LogP contribution in [0.1, 0.15) is 23.7 Å². The molecule has 1 aliphatic rings. The zero-order chi connectivity index (χ0) is 12.3. The van der Waals surface area contributed by atoms with Crippen molar-refractivity contribution >= 4 is 5.91 Å². The lowest BCUT2D eigenvalue weighted by atomic mass is 10.2. The number of carbonyl (C=O) groups is 1. The highest BCUT2D eigenvalue weighted by atomic mass is 16.5. The molecule has 92 valence electrons. The average molecular weight is 235 g/mol. The molecule has 1 amide bonds. The molecule has 0 bridgehead atoms. The molecule has 1 aromatic rings. The van der Waals surface area contributed by atoms with Gasteiger partial charge in [-0.25, -0.2) is 0 Å². The third kappa shape index (κ3) is 2.58. The Hall–Kier alpha value is -1.55. The summed E-state index contributed by atoms with van der Waals surface area (Å²) in [5, 5.41) is 9.44. The topological polar surface area (TPSA) is 49.8 Å². The van der Waals surface area contributed by atoms with E-state index < -0.39 is 6.10 Å². The monoisotopic (exact) mass is 235 g/mol. The van der Waals surface area contributed by atoms with Crippen molar-refractivity contribution in [2.75, 3.05) is 19.7 Å². The molecule has 4 nitrogen and oxygen atoms in total. The van der Waals surface area contributed by atoms with Crippen molar-refractivity contribution in [3.63, 3.8) is 0 Å². The molecule has 1 N–H and O–H groups in total. The van der Waals surface area contributed by atoms with Gasteiger partial charge < -0.3 is 14.7 Å². The smallest absolute Gasteiger partial charge is 0.257 e. The number of β-amino-alcohol motifs (C(OH)–C–C–N with tert-alkyl or cyclic N) is 1. The van der Waals surface area contributed by atoms with Crippen LogP contribution in [-0.4, -0.2) is 41.7 Å². The minimum atomic E-state index is -0.391. The maximum Gasteiger partial charge on any atom is 0.257 e. The van der Waals surface area contributed by atoms with Gasteiger partial charge in [0, 0.05) is 13.1 Å². The maximum atomic E-state index is 12.2. The first-order valence-electron chi connectivity index (χ1n) is 5.91. The summed E-state index contributed by atoms with van der Waals surface area (Å²) in [5.41, 5.74) is 0.573. The largest absolute Gasteiger partial charge is 0.493 e. The fourth-order valence-electron chi connectivity index (χ4n) is 2.02. The fourth-order valence-corrected chi connectivity index (χ4v) is 2.02. The summed E-state index contributed by atoms with van der Waals surface area (Å²) in [6.45, 7) is 3.45. The van der Waals surface area contributed by atoms with Gasteiger partial charge in [-0.3, -0.25) is 4.79 Å². The SMILES string of the molecule is CCOc1ccccc1C(=O)N1CC[C@@H](O)C1. The number of aliphatic hydroxyl groups excluding tert-OH is 1. The standard InChI is InChI=1S/C13H17NO3/c1-2-17-12-6-4-3-5-11(12)13(16)14-8-7-10(15)9-14/h3-6,10,15H,2,7-9H2,1H3/t10-/m1/s1. The average Bonchev–Trinajstić information content (AvgIpc) is 2.76. The van der Waals surface area contributed by atoms with Gasteiger partial charge in [0.2, 0.25) is 0 Å². The van der Waals surface area contributed by atoms with Crippen LogP contribution in [0.4, 0.5) is 0 Å². The second-order valence-corrected chi connectivity index (χ2v) is 4.12. The van der Waals surface area contributed by atoms with Gasteiger partial charge in [0.15, 0.2) is 0 Å². The number of likely N-dealkylation sites (tertiary alicyclic amines) is 1. The second kappa shape index (κ2) is 5.19. The molecule has 0 radical (unpaired) electrons. The van der Waals surface area contributed by atoms with Crippen LogP contribution < -0.4 is 4.74 Å². The van der Waals surface area contributed by atoms with Crippen LogP contribution in [0.5, 0.6) is 5.75 Å². The number of para-hydroxylation sites is 1. The van der Waals surface area contributed by atoms with Gasteiger partial charge in [-0.15, -0.1) is 0 Å². The Morgan fingerprint density at radius 2 is 2.29 bits per heavy atom. The Morgan fingerprint density at radius 1 is 1.53 bits per heavy atom. The first-order chi connectivity index (χ1) is 8.22. The van der Waals surface area contributed by atoms with Gasteiger partial charge in [-0.1, -0.05) is 12.1 Å². The van der Waals surface area contributed by atoms with Crippen molar-refractivity contribution < 1.29 is 14.6 Å². The molecule has 0 unspecified atom stereocenters. The number of rotatable bonds is 3. The Balaban J connectivity index is 2.18. The molecule has 0 saturated carbocycles. The van der Waals surface area contributed by atoms with Crippen molar-refractivity contribution in [2.24, 2.45) is 0 Å². The summed E-state index contributed by atoms with van der Waals surface area (Å²) < 4.78 is 5.43. The molecule has 0 aliphatic carbocycles. The lowest BCUT2D eigenvalue weighted by Crippen LogP contribution is -2.29. The lowest BCUT2D eigenvalue weighted by Gasteiger charge is -2.17. The first kappa shape index (κ1) is 11.9. The summed E-state index contributed by atoms with van der Waals surface area (Å²) in [7, 11) is 0. The van der Waals surface area contributed by atoms with E-state index in [1.54, 1.807) is 17.0 Å². The molecular formula is C13H17NO3. The molecule has 1 atom stereocenters. The molecule has 2 rings (SSSR count). The van der Waals surface area contributed by atoms with E-state index in [0.29, 0.717) is 37.4 Å². The molecule has 0 spiro atoms. The van der Waals surface area contributed by atoms with E-state index in [1.807, 2.05) is 19.1 Å². The van der Waals surface area contributed by atoms with Gasteiger partial charge in [0.1, 0.15) is 5.75 Å². The van der Waals surface area contributed by atoms with Crippen molar-refractivity contribution in [1.82, 2.24) is 4.90 Å². The maximum absolute atomic E-state index is 12.2. The van der Waals surface area contributed by atoms with Gasteiger partial charge in [-0.2, -0.15) is 0 Å². The zero-order valence-corrected chi connectivity index (χ0v) is 9.93. The Bertz CT molecular complexity index is 405. The number of carbonyl (C=O) groups excluding carboxylic acids is 1. The van der Waals surface area contributed by atoms with Crippen molar-refractivity contribution in [2.45, 2.75) is 19.4 Å². The number of nitrogens with zero attached hydrogens (tertiary/aromatic N) is 1. The second-order valence-electron chi connectivity index (χ2n) is 4.12. The van der Waals surface area contributed by atoms with E-state index in [4.69, 9.17) is 4.74 Å². The number of benzene rings is 1. The van der Waals surface area contributed by atoms with Crippen LogP contribution in [0, 0.1) is 0 Å². The Kier molecular flexibility index (Phi) is 3.64. The molecule has 1 saturated heterocycles. The summed E-state index contributed by atoms with van der Waals surface area (Å²) >= 11 is 0. The highest BCUT2D eigenvalue weighted by Gasteiger charge is 2.26. The van der Waals surface area contributed by atoms with E-state index in [-0.39, 0.29) is 5.91 Å². The molecule has 0 aromatic heterocycles. The van der Waals surface area contributed by atoms with Crippen molar-refractivity contribution in [1.29, 1.82) is 0 Å². The quantitative estimate of drug-likeness (QED) is 0.859. The highest BCUT2D eigenvalue weighted by molar-refractivity contribution is 5.97. The number of hydrogen-bond acceptors (Lipinski definition) is 3. The molecule has 1 fully saturated rings. The third-order valence-corrected chi connectivity index (χ3v) is 2.87. The van der Waals surface area contributed by atoms with Crippen LogP contribution in [0.15, 0.2) is 24.3 Å². The molecule has 17 heavy (non-hydrogen) atoms. The van der Waals surface area contributed by atoms with E-state index in [0.717, 1.165) is 0 Å². The van der Waals surface area contributed by atoms with E-state index in [1.165, 1.54) is 0 Å². The highest BCUT2D eigenvalue weighted by Crippen LogP contribution is 2.22. The fraction of sp³-hybridized carbons (Fsp3) is 0.462. The summed E-state index contributed by atoms with van der Waals surface area (Å²) in [6.07, 6.45) is 0.265. The van der Waals surface area contributed by atoms with Gasteiger partial charge >= 0.3 is 0 Å². The Morgan fingerprint density at radius 3 is 2.94 bits per heavy atom. The predicted octanol–water partition coefficient (Wildman–Crippen LogP) is 1.29. The van der Waals surface area contributed by atoms with Crippen LogP contribution >= 0.6 is 0 Å². The molecule has 1 aliphatic heterocycles. The third-order valence-electron chi connectivity index (χ3n) is 2.87. The van der Waals surface area contributed by atoms with Crippen molar-refractivity contribution in [3.05, 3.63) is 29.8 Å². The summed E-state index contributed by atoms with van der Waals surface area (Å²) in [6, 6.07) is 7.23. The molecule has 4 heteroatoms. The van der Waals surface area contributed by atoms with Crippen LogP contribution in [0.2, 0.25) is 0 Å². The normalized spacial score (nSPS) is 19.4. The van der Waals surface area contributed by atoms with Crippen molar-refractivity contribution in [3.8, 4) is 5.75 Å². The van der Waals surface area contributed by atoms with E-state index in [2.05, 4.69) is 0 Å². The lowest BCUT2D eigenvalue weighted by molar-refractivity contribution is 0.0761. The summed E-state index contributed by atoms with van der Waals surface area (Å²) in [5.74, 6) is 0.548. The van der Waals surface area contributed by atoms with Gasteiger partial charge in [0.05, 0.1) is 18.3 Å². The predicted molar refractivity (Wildman–Crippen MR) is 64.1 cm³/mol. The Labute approximate surface area is 101 Å². The first-order valence-corrected chi connectivity index (χ1v) is 5.91. The molecular weight excluding hydrogens is 218 g/mol. The number of ether oxygens (including phenoxy) is 1. The van der Waals surface area contributed by atoms with Crippen LogP contribution in [0.3, 0.4) is 0 Å². The van der Waals surface area contributed by atoms with Crippen LogP contribution in [0.25, 0.3) is 0 Å². The molecule has 1 heterocycles. The van der Waals surface area contributed by atoms with Gasteiger partial charge in [-0.05, 0) is 25.5 Å². The van der Waals surface area contributed by atoms with E-state index >= 15 is 0 Å². The number of hydrogen-bond donors (Lipinski definition) is 1. The van der Waals surface area contributed by atoms with Crippen LogP contribution in [-0.2, 0) is 0 Å². The summed E-state index contributed by atoms with van der Waals surface area (Å²) in [4.78, 5) is 13.9.